The highest BCUT2D eigenvalue weighted by Gasteiger charge is 2.31. The van der Waals surface area contributed by atoms with Gasteiger partial charge in [-0.3, -0.25) is 9.59 Å². The van der Waals surface area contributed by atoms with Crippen molar-refractivity contribution >= 4 is 11.7 Å². The number of aryl methyl sites for hydroxylation is 1. The summed E-state index contributed by atoms with van der Waals surface area (Å²) in [5.74, 6) is 1.97. The van der Waals surface area contributed by atoms with Crippen LogP contribution in [0.25, 0.3) is 0 Å². The summed E-state index contributed by atoms with van der Waals surface area (Å²) in [4.78, 5) is 27.5. The van der Waals surface area contributed by atoms with Crippen molar-refractivity contribution in [3.63, 3.8) is 0 Å². The van der Waals surface area contributed by atoms with Gasteiger partial charge >= 0.3 is 0 Å². The molecule has 2 heterocycles. The fourth-order valence-corrected chi connectivity index (χ4v) is 3.99. The number of ether oxygens (including phenoxy) is 3. The summed E-state index contributed by atoms with van der Waals surface area (Å²) in [5.41, 5.74) is 1.73. The van der Waals surface area contributed by atoms with Gasteiger partial charge in [-0.2, -0.15) is 0 Å². The van der Waals surface area contributed by atoms with Crippen LogP contribution in [-0.2, 0) is 4.79 Å². The standard InChI is InChI=1S/C24H27NO5/c1-16-4-3-5-20(14-16)30-17(2)24(27)25-10-8-18(9-11-25)23(26)19-6-7-21-22(15-19)29-13-12-28-21/h3-7,14-15,17-18H,8-13H2,1-2H3. The zero-order valence-corrected chi connectivity index (χ0v) is 17.4. The summed E-state index contributed by atoms with van der Waals surface area (Å²) in [6.07, 6.45) is 0.740. The largest absolute Gasteiger partial charge is 0.486 e. The van der Waals surface area contributed by atoms with Crippen molar-refractivity contribution in [3.8, 4) is 17.2 Å². The number of likely N-dealkylation sites (tertiary alicyclic amines) is 1. The Morgan fingerprint density at radius 3 is 2.50 bits per heavy atom. The Morgan fingerprint density at radius 2 is 1.77 bits per heavy atom. The van der Waals surface area contributed by atoms with Gasteiger partial charge in [0.15, 0.2) is 23.4 Å². The minimum absolute atomic E-state index is 0.0401. The second-order valence-corrected chi connectivity index (χ2v) is 7.90. The lowest BCUT2D eigenvalue weighted by Crippen LogP contribution is -2.45. The molecule has 4 rings (SSSR count). The Bertz CT molecular complexity index is 933. The van der Waals surface area contributed by atoms with Gasteiger partial charge in [-0.25, -0.2) is 0 Å². The van der Waals surface area contributed by atoms with Crippen molar-refractivity contribution in [1.82, 2.24) is 4.90 Å². The van der Waals surface area contributed by atoms with Gasteiger partial charge in [0.05, 0.1) is 0 Å². The predicted octanol–water partition coefficient (Wildman–Crippen LogP) is 3.66. The highest BCUT2D eigenvalue weighted by atomic mass is 16.6. The summed E-state index contributed by atoms with van der Waals surface area (Å²) in [7, 11) is 0. The number of hydrogen-bond acceptors (Lipinski definition) is 5. The fourth-order valence-electron chi connectivity index (χ4n) is 3.99. The Kier molecular flexibility index (Phi) is 5.93. The first-order chi connectivity index (χ1) is 14.5. The number of nitrogens with zero attached hydrogens (tertiary/aromatic N) is 1. The Morgan fingerprint density at radius 1 is 1.03 bits per heavy atom. The SMILES string of the molecule is Cc1cccc(OC(C)C(=O)N2CCC(C(=O)c3ccc4c(c3)OCCO4)CC2)c1. The number of piperidine rings is 1. The van der Waals surface area contributed by atoms with Gasteiger partial charge in [0.25, 0.3) is 5.91 Å². The third-order valence-electron chi connectivity index (χ3n) is 5.65. The second kappa shape index (κ2) is 8.78. The number of ketones is 1. The molecule has 1 unspecified atom stereocenters. The molecule has 0 bridgehead atoms. The zero-order valence-electron chi connectivity index (χ0n) is 17.4. The Labute approximate surface area is 176 Å². The topological polar surface area (TPSA) is 65.1 Å². The summed E-state index contributed by atoms with van der Waals surface area (Å²) in [6, 6.07) is 13.0. The van der Waals surface area contributed by atoms with E-state index in [-0.39, 0.29) is 17.6 Å². The molecule has 1 fully saturated rings. The van der Waals surface area contributed by atoms with Gasteiger partial charge < -0.3 is 19.1 Å². The molecule has 2 aliphatic rings. The summed E-state index contributed by atoms with van der Waals surface area (Å²) in [5, 5.41) is 0. The number of carbonyl (C=O) groups is 2. The van der Waals surface area contributed by atoms with Gasteiger partial charge in [0, 0.05) is 24.6 Å². The van der Waals surface area contributed by atoms with Crippen LogP contribution in [0.1, 0.15) is 35.7 Å². The van der Waals surface area contributed by atoms with Crippen LogP contribution >= 0.6 is 0 Å². The molecule has 6 heteroatoms. The number of fused-ring (bicyclic) bond motifs is 1. The molecular formula is C24H27NO5. The highest BCUT2D eigenvalue weighted by molar-refractivity contribution is 5.98. The minimum Gasteiger partial charge on any atom is -0.486 e. The van der Waals surface area contributed by atoms with E-state index in [0.717, 1.165) is 5.56 Å². The highest BCUT2D eigenvalue weighted by Crippen LogP contribution is 2.32. The molecular weight excluding hydrogens is 382 g/mol. The van der Waals surface area contributed by atoms with E-state index in [4.69, 9.17) is 14.2 Å². The molecule has 0 spiro atoms. The second-order valence-electron chi connectivity index (χ2n) is 7.90. The van der Waals surface area contributed by atoms with E-state index in [1.807, 2.05) is 31.2 Å². The number of benzene rings is 2. The molecule has 30 heavy (non-hydrogen) atoms. The molecule has 0 aromatic heterocycles. The summed E-state index contributed by atoms with van der Waals surface area (Å²) in [6.45, 7) is 5.90. The van der Waals surface area contributed by atoms with Gasteiger partial charge in [0.2, 0.25) is 0 Å². The van der Waals surface area contributed by atoms with Crippen molar-refractivity contribution in [2.75, 3.05) is 26.3 Å². The normalized spacial score (nSPS) is 17.3. The van der Waals surface area contributed by atoms with E-state index >= 15 is 0 Å². The fraction of sp³-hybridized carbons (Fsp3) is 0.417. The summed E-state index contributed by atoms with van der Waals surface area (Å²) >= 11 is 0. The molecule has 1 amide bonds. The predicted molar refractivity (Wildman–Crippen MR) is 112 cm³/mol. The smallest absolute Gasteiger partial charge is 0.263 e. The van der Waals surface area contributed by atoms with Crippen LogP contribution in [0.4, 0.5) is 0 Å². The molecule has 0 radical (unpaired) electrons. The van der Waals surface area contributed by atoms with Crippen LogP contribution in [0, 0.1) is 12.8 Å². The molecule has 2 aromatic carbocycles. The molecule has 0 saturated carbocycles. The van der Waals surface area contributed by atoms with Crippen molar-refractivity contribution in [2.24, 2.45) is 5.92 Å². The molecule has 6 nitrogen and oxygen atoms in total. The first-order valence-electron chi connectivity index (χ1n) is 10.5. The quantitative estimate of drug-likeness (QED) is 0.706. The minimum atomic E-state index is -0.558. The number of rotatable bonds is 5. The molecule has 0 aliphatic carbocycles. The Hall–Kier alpha value is -3.02. The van der Waals surface area contributed by atoms with Gasteiger partial charge in [0.1, 0.15) is 19.0 Å². The molecule has 0 N–H and O–H groups in total. The average Bonchev–Trinajstić information content (AvgIpc) is 2.78. The molecule has 158 valence electrons. The van der Waals surface area contributed by atoms with Gasteiger partial charge in [-0.15, -0.1) is 0 Å². The van der Waals surface area contributed by atoms with E-state index < -0.39 is 6.10 Å². The van der Waals surface area contributed by atoms with E-state index in [1.165, 1.54) is 0 Å². The first kappa shape index (κ1) is 20.3. The van der Waals surface area contributed by atoms with E-state index in [2.05, 4.69) is 0 Å². The number of hydrogen-bond donors (Lipinski definition) is 0. The number of Topliss-reactive ketones (excluding diaryl/α,β-unsaturated/α-hetero) is 1. The maximum atomic E-state index is 12.9. The van der Waals surface area contributed by atoms with E-state index in [0.29, 0.717) is 62.0 Å². The van der Waals surface area contributed by atoms with Gasteiger partial charge in [-0.1, -0.05) is 12.1 Å². The van der Waals surface area contributed by atoms with Crippen LogP contribution in [0.2, 0.25) is 0 Å². The average molecular weight is 409 g/mol. The van der Waals surface area contributed by atoms with Crippen molar-refractivity contribution < 1.29 is 23.8 Å². The maximum absolute atomic E-state index is 12.9. The third-order valence-corrected chi connectivity index (χ3v) is 5.65. The number of carbonyl (C=O) groups excluding carboxylic acids is 2. The molecule has 1 saturated heterocycles. The number of amides is 1. The molecule has 1 atom stereocenters. The van der Waals surface area contributed by atoms with Crippen molar-refractivity contribution in [1.29, 1.82) is 0 Å². The van der Waals surface area contributed by atoms with E-state index in [1.54, 1.807) is 30.0 Å². The lowest BCUT2D eigenvalue weighted by atomic mass is 9.88. The van der Waals surface area contributed by atoms with Crippen molar-refractivity contribution in [3.05, 3.63) is 53.6 Å². The monoisotopic (exact) mass is 409 g/mol. The van der Waals surface area contributed by atoms with Crippen LogP contribution in [0.15, 0.2) is 42.5 Å². The lowest BCUT2D eigenvalue weighted by Gasteiger charge is -2.33. The first-order valence-corrected chi connectivity index (χ1v) is 10.5. The van der Waals surface area contributed by atoms with Gasteiger partial charge in [-0.05, 0) is 62.6 Å². The van der Waals surface area contributed by atoms with E-state index in [9.17, 15) is 9.59 Å². The van der Waals surface area contributed by atoms with Crippen LogP contribution < -0.4 is 14.2 Å². The molecule has 2 aromatic rings. The van der Waals surface area contributed by atoms with Crippen LogP contribution in [0.5, 0.6) is 17.2 Å². The third kappa shape index (κ3) is 4.42. The molecule has 2 aliphatic heterocycles. The van der Waals surface area contributed by atoms with Crippen molar-refractivity contribution in [2.45, 2.75) is 32.8 Å². The van der Waals surface area contributed by atoms with Crippen LogP contribution in [-0.4, -0.2) is 49.0 Å². The van der Waals surface area contributed by atoms with Crippen LogP contribution in [0.3, 0.4) is 0 Å². The summed E-state index contributed by atoms with van der Waals surface area (Å²) < 4.78 is 16.9. The lowest BCUT2D eigenvalue weighted by molar-refractivity contribution is -0.139. The zero-order chi connectivity index (χ0) is 21.1. The maximum Gasteiger partial charge on any atom is 0.263 e. The Balaban J connectivity index is 1.33.